The summed E-state index contributed by atoms with van der Waals surface area (Å²) in [5.41, 5.74) is 2.92. The lowest BCUT2D eigenvalue weighted by atomic mass is 10.1. The Hall–Kier alpha value is -16.0. The van der Waals surface area contributed by atoms with Gasteiger partial charge >= 0.3 is 0 Å². The van der Waals surface area contributed by atoms with Gasteiger partial charge in [-0.05, 0) is 99.6 Å². The number of amides is 11. The molecule has 12 rings (SSSR count). The van der Waals surface area contributed by atoms with Crippen molar-refractivity contribution in [1.29, 1.82) is 0 Å². The molecular weight excluding hydrogens is 1750 g/mol. The molecule has 135 heavy (non-hydrogen) atoms. The second-order valence-corrected chi connectivity index (χ2v) is 31.9. The molecule has 0 aliphatic carbocycles. The normalized spacial score (nSPS) is 14.2. The molecule has 10 aromatic rings. The number of allylic oxidation sites excluding steroid dienone is 2. The van der Waals surface area contributed by atoms with Crippen LogP contribution in [-0.2, 0) is 121 Å². The number of nitro benzene ring substituents is 1. The largest absolute Gasteiger partial charge is 0.493 e. The standard InChI is InChI=1S/C89H104N26O20/c1-54(116)93-75-51-112(10)79(100-75)71(117)36-55-35-65(106(4)44-55)84(123)94-60-40-68(109(7)47-60)85(124)95-58-38-66(107(5)45-58)82(121)91-26-21-63(99-78(119)20-19-57-50-114(104-103-57)29-32-131-33-34-132-73-43-64(115(128)129)56(37-72(73)130-12)53-135-89-24-16-14-13-15-17-30-133-74(89)23-31-134-89)81(120)102-76-52-113(11)80(101-76)88(127)98-62-42-70(111(9)49-62)87(126)97-61-41-69(110(8)48-61)86(125)96-59-39-67(108(6)46-59)83(122)92-27-22-77(118)90-25-18-28-105(2)3/h13-14,35,37-52,63,74H,18-23,25-34,36,53H2,1-12H3,(H,90,118)(H,91,121)(H,92,122)(H,93,116)(H,94,123)(H,95,124)(H,96,125)(H,97,126)(H,98,127)(H,99,119)(H,102,120)/b14-13-. The highest BCUT2D eigenvalue weighted by atomic mass is 16.7. The molecule has 1 fully saturated rings. The highest BCUT2D eigenvalue weighted by molar-refractivity contribution is 6.10. The summed E-state index contributed by atoms with van der Waals surface area (Å²) in [5.74, 6) is 3.85. The second kappa shape index (κ2) is 44.7. The van der Waals surface area contributed by atoms with Crippen LogP contribution in [0.5, 0.6) is 11.5 Å². The van der Waals surface area contributed by atoms with Gasteiger partial charge in [-0.2, -0.15) is 0 Å². The molecule has 46 nitrogen and oxygen atoms in total. The summed E-state index contributed by atoms with van der Waals surface area (Å²) in [4.78, 5) is 184. The predicted molar refractivity (Wildman–Crippen MR) is 488 cm³/mol. The quantitative estimate of drug-likeness (QED) is 0.00842. The highest BCUT2D eigenvalue weighted by Crippen LogP contribution is 2.38. The number of imidazole rings is 2. The number of ether oxygens (including phenoxy) is 6. The molecule has 3 unspecified atom stereocenters. The molecule has 1 saturated heterocycles. The van der Waals surface area contributed by atoms with Crippen LogP contribution in [0.15, 0.2) is 116 Å². The number of ketones is 1. The first kappa shape index (κ1) is 98.0. The van der Waals surface area contributed by atoms with Gasteiger partial charge in [0.1, 0.15) is 59.5 Å². The van der Waals surface area contributed by atoms with Crippen LogP contribution in [0.1, 0.15) is 140 Å². The second-order valence-electron chi connectivity index (χ2n) is 31.9. The van der Waals surface area contributed by atoms with E-state index in [-0.39, 0.29) is 212 Å². The third-order valence-corrected chi connectivity index (χ3v) is 21.2. The molecule has 1 aromatic carbocycles. The highest BCUT2D eigenvalue weighted by Gasteiger charge is 2.46. The molecule has 11 N–H and O–H groups in total. The fraction of sp³-hybridized carbons (Fsp3) is 0.371. The van der Waals surface area contributed by atoms with Gasteiger partial charge in [0.2, 0.25) is 35.2 Å². The number of carbonyl (C=O) groups is 12. The van der Waals surface area contributed by atoms with Crippen molar-refractivity contribution in [3.8, 4) is 35.2 Å². The minimum atomic E-state index is -1.50. The Morgan fingerprint density at radius 3 is 1.70 bits per heavy atom. The van der Waals surface area contributed by atoms with Gasteiger partial charge in [0.05, 0.1) is 90.8 Å². The van der Waals surface area contributed by atoms with Crippen molar-refractivity contribution in [2.24, 2.45) is 56.4 Å². The van der Waals surface area contributed by atoms with Gasteiger partial charge < -0.3 is 128 Å². The molecule has 2 aliphatic heterocycles. The first-order chi connectivity index (χ1) is 64.6. The van der Waals surface area contributed by atoms with Crippen molar-refractivity contribution >= 4 is 117 Å². The maximum Gasteiger partial charge on any atom is 0.291 e. The van der Waals surface area contributed by atoms with E-state index in [0.29, 0.717) is 29.9 Å². The molecule has 0 bridgehead atoms. The maximum absolute atomic E-state index is 14.5. The topological polar surface area (TPSA) is 535 Å². The number of aryl methyl sites for hydroxylation is 9. The number of nitrogens with one attached hydrogen (secondary N) is 11. The Labute approximate surface area is 773 Å². The lowest BCUT2D eigenvalue weighted by Gasteiger charge is -2.29. The number of Topliss-reactive ketones (excluding diaryl/α,β-unsaturated/α-hetero) is 1. The van der Waals surface area contributed by atoms with E-state index in [4.69, 9.17) is 28.4 Å². The summed E-state index contributed by atoms with van der Waals surface area (Å²) in [6.07, 6.45) is 17.1. The van der Waals surface area contributed by atoms with Crippen molar-refractivity contribution in [3.05, 3.63) is 189 Å². The molecule has 0 saturated carbocycles. The number of aromatic nitrogens is 13. The zero-order valence-corrected chi connectivity index (χ0v) is 76.2. The van der Waals surface area contributed by atoms with E-state index >= 15 is 0 Å². The molecule has 11 amide bonds. The molecule has 0 spiro atoms. The molecule has 3 atom stereocenters. The summed E-state index contributed by atoms with van der Waals surface area (Å²) < 4.78 is 48.6. The number of benzene rings is 1. The fourth-order valence-electron chi connectivity index (χ4n) is 14.6. The summed E-state index contributed by atoms with van der Waals surface area (Å²) in [6.45, 7) is 2.99. The molecule has 2 aliphatic rings. The van der Waals surface area contributed by atoms with Crippen LogP contribution in [-0.4, -0.2) is 240 Å². The first-order valence-electron chi connectivity index (χ1n) is 42.6. The van der Waals surface area contributed by atoms with Crippen LogP contribution in [0.3, 0.4) is 0 Å². The Morgan fingerprint density at radius 1 is 0.578 bits per heavy atom. The molecule has 0 radical (unpaired) electrons. The minimum absolute atomic E-state index is 0.0361. The number of hydrogen-bond acceptors (Lipinski definition) is 25. The predicted octanol–water partition coefficient (Wildman–Crippen LogP) is 4.09. The SMILES string of the molecule is COc1cc(COC23C#C/C=C\C#CCOC2CCO3)c([N+](=O)[O-])cc1OCCOCCn1cc(CCC(=O)NC(CCNC(=O)c2cc(NC(=O)c3cc(NC(=O)c4cc(CC(=O)c5nc(NC(C)=O)cn5C)cn4C)cn3C)cn2C)C(=O)Nc2cn(C)c(C(=O)Nc3cc(C(=O)Nc4cc(C(=O)Nc5cc(C(=O)NCCC(=O)NCCCN(C)C)n(C)c5)n(C)c4)n(C)c3)n2)nn1. The summed E-state index contributed by atoms with van der Waals surface area (Å²) in [5, 5.41) is 50.9. The molecular formula is C89H104N26O20. The molecule has 710 valence electrons. The Morgan fingerprint density at radius 2 is 1.12 bits per heavy atom. The van der Waals surface area contributed by atoms with E-state index in [1.807, 2.05) is 19.0 Å². The van der Waals surface area contributed by atoms with Crippen LogP contribution in [0, 0.1) is 33.8 Å². The van der Waals surface area contributed by atoms with Gasteiger partial charge in [0.15, 0.2) is 29.0 Å². The summed E-state index contributed by atoms with van der Waals surface area (Å²) >= 11 is 0. The van der Waals surface area contributed by atoms with E-state index in [2.05, 4.69) is 102 Å². The number of nitro groups is 1. The van der Waals surface area contributed by atoms with Gasteiger partial charge in [-0.25, -0.2) is 14.6 Å². The fourth-order valence-corrected chi connectivity index (χ4v) is 14.6. The number of fused-ring (bicyclic) bond motifs is 1. The smallest absolute Gasteiger partial charge is 0.291 e. The maximum atomic E-state index is 14.5. The van der Waals surface area contributed by atoms with Crippen molar-refractivity contribution in [2.75, 3.05) is 118 Å². The lowest BCUT2D eigenvalue weighted by Crippen LogP contribution is -2.46. The lowest BCUT2D eigenvalue weighted by molar-refractivity contribution is -0.386. The monoisotopic (exact) mass is 1860 g/mol. The average Bonchev–Trinajstić information content (AvgIpc) is 1.64. The Balaban J connectivity index is 0.645. The van der Waals surface area contributed by atoms with Crippen LogP contribution >= 0.6 is 0 Å². The number of methoxy groups -OCH3 is 1. The van der Waals surface area contributed by atoms with Gasteiger partial charge in [-0.3, -0.25) is 67.6 Å². The van der Waals surface area contributed by atoms with E-state index in [1.54, 1.807) is 90.7 Å². The number of nitrogens with zero attached hydrogens (tertiary/aromatic N) is 15. The number of rotatable bonds is 44. The average molecular weight is 1860 g/mol. The van der Waals surface area contributed by atoms with Crippen molar-refractivity contribution in [1.82, 2.24) is 87.7 Å². The zero-order chi connectivity index (χ0) is 96.9. The summed E-state index contributed by atoms with van der Waals surface area (Å²) in [7, 11) is 18.0. The van der Waals surface area contributed by atoms with Gasteiger partial charge in [-0.15, -0.1) is 5.10 Å². The minimum Gasteiger partial charge on any atom is -0.493 e. The van der Waals surface area contributed by atoms with Gasteiger partial charge in [-0.1, -0.05) is 23.0 Å². The van der Waals surface area contributed by atoms with Crippen LogP contribution in [0.25, 0.3) is 0 Å². The van der Waals surface area contributed by atoms with E-state index in [0.717, 1.165) is 13.0 Å². The van der Waals surface area contributed by atoms with Crippen LogP contribution in [0.2, 0.25) is 0 Å². The van der Waals surface area contributed by atoms with Gasteiger partial charge in [0, 0.05) is 171 Å². The molecule has 9 aromatic heterocycles. The first-order valence-corrected chi connectivity index (χ1v) is 42.6. The number of hydrogen-bond donors (Lipinski definition) is 11. The third-order valence-electron chi connectivity index (χ3n) is 21.2. The third kappa shape index (κ3) is 26.0. The zero-order valence-electron chi connectivity index (χ0n) is 76.2. The Bertz CT molecular complexity index is 6330. The molecule has 46 heteroatoms. The summed E-state index contributed by atoms with van der Waals surface area (Å²) in [6, 6.07) is 10.1. The van der Waals surface area contributed by atoms with Gasteiger partial charge in [0.25, 0.3) is 52.8 Å². The van der Waals surface area contributed by atoms with E-state index in [9.17, 15) is 67.6 Å². The molecule has 11 heterocycles. The van der Waals surface area contributed by atoms with Crippen molar-refractivity contribution in [2.45, 2.75) is 83.0 Å². The van der Waals surface area contributed by atoms with Crippen molar-refractivity contribution in [3.63, 3.8) is 0 Å². The van der Waals surface area contributed by atoms with Crippen LogP contribution in [0.4, 0.5) is 45.8 Å². The number of anilines is 7. The Kier molecular flexibility index (Phi) is 32.5. The van der Waals surface area contributed by atoms with E-state index < -0.39 is 76.0 Å². The number of carbonyl (C=O) groups excluding carboxylic acids is 12. The van der Waals surface area contributed by atoms with Crippen molar-refractivity contribution < 1.29 is 90.9 Å². The van der Waals surface area contributed by atoms with E-state index in [1.165, 1.54) is 137 Å². The van der Waals surface area contributed by atoms with Crippen LogP contribution < -0.4 is 68.0 Å².